The Morgan fingerprint density at radius 3 is 2.08 bits per heavy atom. The molecule has 0 heterocycles. The Bertz CT molecular complexity index is 241. The Morgan fingerprint density at radius 2 is 1.67 bits per heavy atom. The molecule has 0 bridgehead atoms. The van der Waals surface area contributed by atoms with Gasteiger partial charge in [0, 0.05) is 0 Å². The molecule has 0 aromatic heterocycles. The van der Waals surface area contributed by atoms with Crippen LogP contribution >= 0.6 is 8.70 Å². The van der Waals surface area contributed by atoms with Gasteiger partial charge in [0.1, 0.15) is 0 Å². The van der Waals surface area contributed by atoms with Gasteiger partial charge < -0.3 is 0 Å². The van der Waals surface area contributed by atoms with E-state index < -0.39 is 0 Å². The van der Waals surface area contributed by atoms with Gasteiger partial charge in [-0.1, -0.05) is 13.8 Å². The average Bonchev–Trinajstić information content (AvgIpc) is 2.13. The van der Waals surface area contributed by atoms with Crippen LogP contribution in [-0.4, -0.2) is 0 Å². The number of aryl methyl sites for hydroxylation is 1. The number of hydrogen-bond acceptors (Lipinski definition) is 0. The summed E-state index contributed by atoms with van der Waals surface area (Å²) in [6, 6.07) is 8.39. The minimum atomic E-state index is 0.823. The van der Waals surface area contributed by atoms with Crippen molar-refractivity contribution in [2.24, 2.45) is 0 Å². The van der Waals surface area contributed by atoms with Crippen molar-refractivity contribution in [2.75, 3.05) is 0 Å². The maximum absolute atomic E-state index is 3.91. The van der Waals surface area contributed by atoms with Crippen molar-refractivity contribution in [3.05, 3.63) is 35.4 Å². The van der Waals surface area contributed by atoms with E-state index >= 15 is 0 Å². The Kier molecular flexibility index (Phi) is 6.76. The normalized spacial score (nSPS) is 7.83. The van der Waals surface area contributed by atoms with Crippen LogP contribution in [0.5, 0.6) is 0 Å². The SMILES string of the molecule is CC.Cc1ccc(CC#P)cc1. The molecule has 0 spiro atoms. The summed E-state index contributed by atoms with van der Waals surface area (Å²) in [6.45, 7) is 6.08. The van der Waals surface area contributed by atoms with Crippen molar-refractivity contribution in [1.29, 1.82) is 0 Å². The molecule has 0 amide bonds. The first-order valence-corrected chi connectivity index (χ1v) is 4.70. The summed E-state index contributed by atoms with van der Waals surface area (Å²) in [4.78, 5) is 0. The molecule has 0 N–H and O–H groups in total. The summed E-state index contributed by atoms with van der Waals surface area (Å²) in [5.41, 5.74) is 5.36. The summed E-state index contributed by atoms with van der Waals surface area (Å²) >= 11 is 0. The van der Waals surface area contributed by atoms with Crippen LogP contribution in [0.2, 0.25) is 0 Å². The molecule has 12 heavy (non-hydrogen) atoms. The summed E-state index contributed by atoms with van der Waals surface area (Å²) in [7, 11) is 3.91. The van der Waals surface area contributed by atoms with Crippen LogP contribution in [0.15, 0.2) is 24.3 Å². The van der Waals surface area contributed by atoms with Crippen LogP contribution in [0.4, 0.5) is 0 Å². The Balaban J connectivity index is 0.000000561. The Hall–Kier alpha value is -0.570. The molecule has 1 aromatic rings. The molecule has 0 saturated carbocycles. The summed E-state index contributed by atoms with van der Waals surface area (Å²) in [6.07, 6.45) is 0.823. The molecule has 0 nitrogen and oxygen atoms in total. The second-order valence-electron chi connectivity index (χ2n) is 2.32. The van der Waals surface area contributed by atoms with Crippen LogP contribution in [0, 0.1) is 12.6 Å². The minimum absolute atomic E-state index is 0.823. The van der Waals surface area contributed by atoms with Crippen LogP contribution in [0.3, 0.4) is 0 Å². The van der Waals surface area contributed by atoms with Gasteiger partial charge in [-0.15, -0.1) is 0 Å². The van der Waals surface area contributed by atoms with Gasteiger partial charge in [0.2, 0.25) is 0 Å². The molecule has 0 fully saturated rings. The van der Waals surface area contributed by atoms with E-state index in [4.69, 9.17) is 0 Å². The van der Waals surface area contributed by atoms with E-state index in [1.807, 2.05) is 13.8 Å². The van der Waals surface area contributed by atoms with Gasteiger partial charge in [0.05, 0.1) is 0 Å². The zero-order valence-corrected chi connectivity index (χ0v) is 8.86. The first-order valence-electron chi connectivity index (χ1n) is 4.25. The van der Waals surface area contributed by atoms with Crippen LogP contribution < -0.4 is 0 Å². The Labute approximate surface area is 77.5 Å². The predicted octanol–water partition coefficient (Wildman–Crippen LogP) is 3.93. The third-order valence-electron chi connectivity index (χ3n) is 1.40. The van der Waals surface area contributed by atoms with Crippen LogP contribution in [0.25, 0.3) is 0 Å². The molecular weight excluding hydrogens is 163 g/mol. The molecule has 0 aliphatic rings. The molecule has 0 saturated heterocycles. The second kappa shape index (κ2) is 7.10. The molecular formula is C11H15P. The van der Waals surface area contributed by atoms with E-state index in [9.17, 15) is 0 Å². The fourth-order valence-corrected chi connectivity index (χ4v) is 0.980. The van der Waals surface area contributed by atoms with Gasteiger partial charge in [0.25, 0.3) is 0 Å². The first-order chi connectivity index (χ1) is 5.83. The van der Waals surface area contributed by atoms with Crippen molar-refractivity contribution in [3.8, 4) is 5.63 Å². The van der Waals surface area contributed by atoms with Gasteiger partial charge in [-0.25, -0.2) is 0 Å². The van der Waals surface area contributed by atoms with Crippen molar-refractivity contribution >= 4 is 8.70 Å². The van der Waals surface area contributed by atoms with Gasteiger partial charge in [-0.2, -0.15) is 0 Å². The monoisotopic (exact) mass is 178 g/mol. The van der Waals surface area contributed by atoms with Crippen LogP contribution in [-0.2, 0) is 6.42 Å². The fraction of sp³-hybridized carbons (Fsp3) is 0.364. The number of rotatable bonds is 1. The molecule has 0 atom stereocenters. The van der Waals surface area contributed by atoms with Gasteiger partial charge >= 0.3 is 63.1 Å². The molecule has 1 aromatic carbocycles. The molecule has 64 valence electrons. The summed E-state index contributed by atoms with van der Waals surface area (Å²) in [5, 5.41) is 0. The van der Waals surface area contributed by atoms with E-state index in [1.54, 1.807) is 0 Å². The molecule has 1 heteroatoms. The van der Waals surface area contributed by atoms with Crippen molar-refractivity contribution < 1.29 is 0 Å². The van der Waals surface area contributed by atoms with Gasteiger partial charge in [-0.3, -0.25) is 0 Å². The van der Waals surface area contributed by atoms with Gasteiger partial charge in [-0.05, 0) is 0 Å². The predicted molar refractivity (Wildman–Crippen MR) is 57.0 cm³/mol. The average molecular weight is 178 g/mol. The number of hydrogen-bond donors (Lipinski definition) is 0. The van der Waals surface area contributed by atoms with E-state index in [0.29, 0.717) is 0 Å². The van der Waals surface area contributed by atoms with Crippen molar-refractivity contribution in [2.45, 2.75) is 27.2 Å². The first kappa shape index (κ1) is 11.4. The molecule has 1 rings (SSSR count). The third-order valence-corrected chi connectivity index (χ3v) is 1.56. The maximum atomic E-state index is 3.91. The zero-order chi connectivity index (χ0) is 9.40. The third kappa shape index (κ3) is 4.34. The second-order valence-corrected chi connectivity index (χ2v) is 2.64. The van der Waals surface area contributed by atoms with E-state index in [1.165, 1.54) is 11.1 Å². The molecule has 0 radical (unpaired) electrons. The van der Waals surface area contributed by atoms with Crippen molar-refractivity contribution in [3.63, 3.8) is 0 Å². The van der Waals surface area contributed by atoms with E-state index in [0.717, 1.165) is 6.42 Å². The fourth-order valence-electron chi connectivity index (χ4n) is 0.797. The van der Waals surface area contributed by atoms with Crippen LogP contribution in [0.1, 0.15) is 25.0 Å². The molecule has 0 aliphatic carbocycles. The summed E-state index contributed by atoms with van der Waals surface area (Å²) in [5.74, 6) is 0. The van der Waals surface area contributed by atoms with E-state index in [-0.39, 0.29) is 0 Å². The zero-order valence-electron chi connectivity index (χ0n) is 7.96. The Morgan fingerprint density at radius 1 is 1.17 bits per heavy atom. The van der Waals surface area contributed by atoms with E-state index in [2.05, 4.69) is 45.5 Å². The number of benzene rings is 1. The molecule has 0 aliphatic heterocycles. The molecule has 0 unspecified atom stereocenters. The summed E-state index contributed by atoms with van der Waals surface area (Å²) < 4.78 is 0. The topological polar surface area (TPSA) is 0 Å². The van der Waals surface area contributed by atoms with Gasteiger partial charge in [0.15, 0.2) is 0 Å². The standard InChI is InChI=1S/C9H9P.C2H6/c1-8-2-4-9(5-3-8)6-7-10;1-2/h2-5H,6H2,1H3;1-2H3. The quantitative estimate of drug-likeness (QED) is 0.571. The van der Waals surface area contributed by atoms with Crippen molar-refractivity contribution in [1.82, 2.24) is 0 Å².